The Bertz CT molecular complexity index is 381. The molecule has 1 fully saturated rings. The second-order valence-corrected chi connectivity index (χ2v) is 6.22. The van der Waals surface area contributed by atoms with Gasteiger partial charge in [0.2, 0.25) is 0 Å². The summed E-state index contributed by atoms with van der Waals surface area (Å²) in [5.74, 6) is 0.598. The minimum Gasteiger partial charge on any atom is -0.382 e. The highest BCUT2D eigenvalue weighted by atomic mass is 16.5. The molecule has 0 saturated carbocycles. The Morgan fingerprint density at radius 2 is 1.89 bits per heavy atom. The fourth-order valence-electron chi connectivity index (χ4n) is 2.56. The first-order chi connectivity index (χ1) is 8.46. The summed E-state index contributed by atoms with van der Waals surface area (Å²) in [6.07, 6.45) is 2.16. The number of nitrogens with one attached hydrogen (secondary N) is 1. The first-order valence-electron chi connectivity index (χ1n) is 6.97. The second-order valence-electron chi connectivity index (χ2n) is 6.22. The monoisotopic (exact) mass is 247 g/mol. The summed E-state index contributed by atoms with van der Waals surface area (Å²) in [6, 6.07) is 9.35. The predicted octanol–water partition coefficient (Wildman–Crippen LogP) is 4.18. The first kappa shape index (κ1) is 13.4. The van der Waals surface area contributed by atoms with Gasteiger partial charge in [-0.1, -0.05) is 26.0 Å². The largest absolute Gasteiger partial charge is 0.382 e. The van der Waals surface area contributed by atoms with Crippen LogP contribution >= 0.6 is 0 Å². The zero-order valence-electron chi connectivity index (χ0n) is 12.0. The normalized spacial score (nSPS) is 23.1. The number of hydrogen-bond donors (Lipinski definition) is 1. The lowest BCUT2D eigenvalue weighted by Crippen LogP contribution is -2.40. The molecule has 0 bridgehead atoms. The van der Waals surface area contributed by atoms with Gasteiger partial charge >= 0.3 is 0 Å². The molecule has 0 radical (unpaired) electrons. The molecule has 2 heteroatoms. The molecule has 1 N–H and O–H groups in total. The van der Waals surface area contributed by atoms with Crippen molar-refractivity contribution in [2.75, 3.05) is 11.9 Å². The Morgan fingerprint density at radius 1 is 1.22 bits per heavy atom. The standard InChI is InChI=1S/C16H25NO/c1-12(2)13-5-7-14(8-6-13)17-15-9-10-18-16(3,4)11-15/h5-8,12,15,17H,9-11H2,1-4H3. The van der Waals surface area contributed by atoms with E-state index < -0.39 is 0 Å². The van der Waals surface area contributed by atoms with Gasteiger partial charge in [0, 0.05) is 18.3 Å². The molecule has 0 aliphatic carbocycles. The Morgan fingerprint density at radius 3 is 2.44 bits per heavy atom. The molecule has 18 heavy (non-hydrogen) atoms. The summed E-state index contributed by atoms with van der Waals surface area (Å²) in [5, 5.41) is 3.62. The average Bonchev–Trinajstić information content (AvgIpc) is 2.28. The lowest BCUT2D eigenvalue weighted by atomic mass is 9.93. The number of benzene rings is 1. The number of ether oxygens (including phenoxy) is 1. The van der Waals surface area contributed by atoms with Crippen LogP contribution in [0.15, 0.2) is 24.3 Å². The van der Waals surface area contributed by atoms with E-state index in [1.807, 2.05) is 0 Å². The van der Waals surface area contributed by atoms with Gasteiger partial charge in [-0.05, 0) is 50.3 Å². The number of hydrogen-bond acceptors (Lipinski definition) is 2. The quantitative estimate of drug-likeness (QED) is 0.865. The summed E-state index contributed by atoms with van der Waals surface area (Å²) in [5.41, 5.74) is 2.63. The van der Waals surface area contributed by atoms with E-state index in [1.165, 1.54) is 11.3 Å². The van der Waals surface area contributed by atoms with E-state index in [9.17, 15) is 0 Å². The molecular formula is C16H25NO. The number of anilines is 1. The fraction of sp³-hybridized carbons (Fsp3) is 0.625. The zero-order chi connectivity index (χ0) is 13.2. The zero-order valence-corrected chi connectivity index (χ0v) is 12.0. The number of rotatable bonds is 3. The van der Waals surface area contributed by atoms with E-state index in [1.54, 1.807) is 0 Å². The van der Waals surface area contributed by atoms with Crippen LogP contribution in [-0.4, -0.2) is 18.2 Å². The highest BCUT2D eigenvalue weighted by Gasteiger charge is 2.28. The molecule has 1 aromatic carbocycles. The summed E-state index contributed by atoms with van der Waals surface area (Å²) in [4.78, 5) is 0. The van der Waals surface area contributed by atoms with Crippen LogP contribution in [0.2, 0.25) is 0 Å². The van der Waals surface area contributed by atoms with E-state index in [4.69, 9.17) is 4.74 Å². The van der Waals surface area contributed by atoms with Crippen molar-refractivity contribution in [3.63, 3.8) is 0 Å². The predicted molar refractivity (Wildman–Crippen MR) is 77.2 cm³/mol. The van der Waals surface area contributed by atoms with Crippen molar-refractivity contribution >= 4 is 5.69 Å². The molecule has 0 amide bonds. The molecular weight excluding hydrogens is 222 g/mol. The van der Waals surface area contributed by atoms with Crippen molar-refractivity contribution in [3.8, 4) is 0 Å². The molecule has 1 aliphatic rings. The molecule has 1 unspecified atom stereocenters. The SMILES string of the molecule is CC(C)c1ccc(NC2CCOC(C)(C)C2)cc1. The van der Waals surface area contributed by atoms with Crippen LogP contribution in [0.25, 0.3) is 0 Å². The topological polar surface area (TPSA) is 21.3 Å². The van der Waals surface area contributed by atoms with Crippen molar-refractivity contribution in [1.29, 1.82) is 0 Å². The Kier molecular flexibility index (Phi) is 3.96. The Hall–Kier alpha value is -1.02. The lowest BCUT2D eigenvalue weighted by Gasteiger charge is -2.36. The molecule has 1 atom stereocenters. The van der Waals surface area contributed by atoms with Gasteiger partial charge in [0.05, 0.1) is 5.60 Å². The van der Waals surface area contributed by atoms with Gasteiger partial charge in [0.1, 0.15) is 0 Å². The van der Waals surface area contributed by atoms with Gasteiger partial charge in [-0.2, -0.15) is 0 Å². The van der Waals surface area contributed by atoms with E-state index in [0.717, 1.165) is 19.4 Å². The van der Waals surface area contributed by atoms with Gasteiger partial charge < -0.3 is 10.1 Å². The van der Waals surface area contributed by atoms with Crippen LogP contribution in [-0.2, 0) is 4.74 Å². The van der Waals surface area contributed by atoms with Gasteiger partial charge in [0.25, 0.3) is 0 Å². The van der Waals surface area contributed by atoms with Crippen LogP contribution in [0.4, 0.5) is 5.69 Å². The fourth-order valence-corrected chi connectivity index (χ4v) is 2.56. The molecule has 0 spiro atoms. The van der Waals surface area contributed by atoms with E-state index in [-0.39, 0.29) is 5.60 Å². The average molecular weight is 247 g/mol. The molecule has 100 valence electrons. The van der Waals surface area contributed by atoms with Crippen LogP contribution in [0, 0.1) is 0 Å². The van der Waals surface area contributed by atoms with Crippen LogP contribution in [0.1, 0.15) is 52.0 Å². The lowest BCUT2D eigenvalue weighted by molar-refractivity contribution is -0.0553. The van der Waals surface area contributed by atoms with Gasteiger partial charge in [0.15, 0.2) is 0 Å². The smallest absolute Gasteiger partial charge is 0.0646 e. The minimum atomic E-state index is 0.00773. The Balaban J connectivity index is 1.97. The van der Waals surface area contributed by atoms with Crippen LogP contribution in [0.5, 0.6) is 0 Å². The van der Waals surface area contributed by atoms with Gasteiger partial charge in [-0.15, -0.1) is 0 Å². The maximum Gasteiger partial charge on any atom is 0.0646 e. The first-order valence-corrected chi connectivity index (χ1v) is 6.97. The summed E-state index contributed by atoms with van der Waals surface area (Å²) in [7, 11) is 0. The highest BCUT2D eigenvalue weighted by molar-refractivity contribution is 5.46. The van der Waals surface area contributed by atoms with E-state index in [2.05, 4.69) is 57.3 Å². The minimum absolute atomic E-state index is 0.00773. The van der Waals surface area contributed by atoms with Crippen LogP contribution < -0.4 is 5.32 Å². The third-order valence-corrected chi connectivity index (χ3v) is 3.65. The van der Waals surface area contributed by atoms with Gasteiger partial charge in [-0.3, -0.25) is 0 Å². The molecule has 1 aromatic rings. The molecule has 1 aliphatic heterocycles. The second kappa shape index (κ2) is 5.31. The Labute approximate surface area is 111 Å². The summed E-state index contributed by atoms with van der Waals surface area (Å²) in [6.45, 7) is 9.65. The van der Waals surface area contributed by atoms with E-state index in [0.29, 0.717) is 12.0 Å². The maximum atomic E-state index is 5.74. The van der Waals surface area contributed by atoms with Crippen molar-refractivity contribution < 1.29 is 4.74 Å². The molecule has 2 rings (SSSR count). The van der Waals surface area contributed by atoms with Crippen molar-refractivity contribution in [1.82, 2.24) is 0 Å². The summed E-state index contributed by atoms with van der Waals surface area (Å²) < 4.78 is 5.74. The molecule has 1 heterocycles. The van der Waals surface area contributed by atoms with Gasteiger partial charge in [-0.25, -0.2) is 0 Å². The van der Waals surface area contributed by atoms with Crippen molar-refractivity contribution in [2.24, 2.45) is 0 Å². The summed E-state index contributed by atoms with van der Waals surface area (Å²) >= 11 is 0. The third kappa shape index (κ3) is 3.49. The maximum absolute atomic E-state index is 5.74. The molecule has 0 aromatic heterocycles. The highest BCUT2D eigenvalue weighted by Crippen LogP contribution is 2.26. The van der Waals surface area contributed by atoms with Crippen molar-refractivity contribution in [3.05, 3.63) is 29.8 Å². The van der Waals surface area contributed by atoms with E-state index >= 15 is 0 Å². The van der Waals surface area contributed by atoms with Crippen LogP contribution in [0.3, 0.4) is 0 Å². The van der Waals surface area contributed by atoms with Crippen molar-refractivity contribution in [2.45, 2.75) is 58.1 Å². The molecule has 1 saturated heterocycles. The molecule has 2 nitrogen and oxygen atoms in total. The third-order valence-electron chi connectivity index (χ3n) is 3.65.